The summed E-state index contributed by atoms with van der Waals surface area (Å²) in [5.41, 5.74) is 1.36. The monoisotopic (exact) mass is 610 g/mol. The molecular weight excluding hydrogens is 568 g/mol. The first kappa shape index (κ1) is 35.8. The first-order valence-electron chi connectivity index (χ1n) is 14.3. The fourth-order valence-electron chi connectivity index (χ4n) is 4.35. The topological polar surface area (TPSA) is 150 Å². The second-order valence-corrected chi connectivity index (χ2v) is 10.5. The van der Waals surface area contributed by atoms with Crippen molar-refractivity contribution in [2.75, 3.05) is 27.4 Å². The molecule has 11 nitrogen and oxygen atoms in total. The molecule has 4 rings (SSSR count). The molecule has 0 radical (unpaired) electrons. The average molecular weight is 611 g/mol. The van der Waals surface area contributed by atoms with Gasteiger partial charge in [-0.2, -0.15) is 0 Å². The van der Waals surface area contributed by atoms with Crippen molar-refractivity contribution in [3.05, 3.63) is 66.0 Å². The summed E-state index contributed by atoms with van der Waals surface area (Å²) in [4.78, 5) is 46.8. The fourth-order valence-corrected chi connectivity index (χ4v) is 4.35. The molecule has 2 N–H and O–H groups in total. The highest BCUT2D eigenvalue weighted by atomic mass is 16.6. The Morgan fingerprint density at radius 1 is 1.14 bits per heavy atom. The maximum absolute atomic E-state index is 12.0. The van der Waals surface area contributed by atoms with Crippen LogP contribution in [0.2, 0.25) is 0 Å². The molecule has 0 spiro atoms. The number of hydrogen-bond donors (Lipinski definition) is 2. The third-order valence-electron chi connectivity index (χ3n) is 6.61. The van der Waals surface area contributed by atoms with Gasteiger partial charge in [-0.1, -0.05) is 56.3 Å². The van der Waals surface area contributed by atoms with E-state index in [9.17, 15) is 19.2 Å². The maximum atomic E-state index is 12.0. The lowest BCUT2D eigenvalue weighted by molar-refractivity contribution is -0.151. The van der Waals surface area contributed by atoms with Crippen molar-refractivity contribution >= 4 is 35.0 Å². The van der Waals surface area contributed by atoms with Crippen LogP contribution in [0.4, 0.5) is 0 Å². The van der Waals surface area contributed by atoms with E-state index in [-0.39, 0.29) is 35.5 Å². The van der Waals surface area contributed by atoms with Crippen molar-refractivity contribution in [2.45, 2.75) is 52.7 Å². The Morgan fingerprint density at radius 2 is 1.82 bits per heavy atom. The number of aldehydes is 1. The lowest BCUT2D eigenvalue weighted by Gasteiger charge is -2.20. The minimum absolute atomic E-state index is 0.0413. The van der Waals surface area contributed by atoms with E-state index in [2.05, 4.69) is 52.8 Å². The van der Waals surface area contributed by atoms with Gasteiger partial charge in [0.05, 0.1) is 25.7 Å². The zero-order chi connectivity index (χ0) is 32.6. The molecule has 1 aliphatic heterocycles. The number of fused-ring (bicyclic) bond motifs is 1. The lowest BCUT2D eigenvalue weighted by atomic mass is 9.92. The number of pyridine rings is 1. The molecule has 2 unspecified atom stereocenters. The molecule has 0 saturated carbocycles. The number of aliphatic carboxylic acids is 1. The minimum Gasteiger partial charge on any atom is -0.493 e. The second kappa shape index (κ2) is 18.3. The standard InChI is InChI=1S/C20H25NO3.C9H9NO4.C4H8O2/c1-14-10-15(12-23-13-19(21-2)20(22)24-14)11-17-8-5-7-16-6-3-4-9-18(16)17;1-6(12)14-9-7(5-11)10-4-3-8(9)13-2;1-3(2)4(5)6/h3-9,14-15,19,21H,10-13H2,1-2H3;3-5H,1-2H3;3H,1-2H3,(H,5,6)/t14?,15?,19-;;/m0../s1. The van der Waals surface area contributed by atoms with Crippen LogP contribution in [0.5, 0.6) is 11.5 Å². The van der Waals surface area contributed by atoms with E-state index in [1.54, 1.807) is 20.9 Å². The number of methoxy groups -OCH3 is 1. The zero-order valence-electron chi connectivity index (χ0n) is 26.1. The molecule has 1 fully saturated rings. The number of likely N-dealkylation sites (N-methyl/N-ethyl adjacent to an activating group) is 1. The number of aromatic nitrogens is 1. The molecule has 0 bridgehead atoms. The predicted molar refractivity (Wildman–Crippen MR) is 165 cm³/mol. The van der Waals surface area contributed by atoms with Crippen LogP contribution in [0.1, 0.15) is 50.2 Å². The average Bonchev–Trinajstić information content (AvgIpc) is 3.05. The minimum atomic E-state index is -0.741. The van der Waals surface area contributed by atoms with Gasteiger partial charge >= 0.3 is 17.9 Å². The number of carboxylic acids is 1. The second-order valence-electron chi connectivity index (χ2n) is 10.5. The number of esters is 2. The molecule has 3 aromatic rings. The van der Waals surface area contributed by atoms with E-state index in [0.717, 1.165) is 12.8 Å². The van der Waals surface area contributed by atoms with E-state index < -0.39 is 11.9 Å². The maximum Gasteiger partial charge on any atom is 0.325 e. The van der Waals surface area contributed by atoms with Crippen LogP contribution >= 0.6 is 0 Å². The van der Waals surface area contributed by atoms with Gasteiger partial charge in [-0.3, -0.25) is 19.2 Å². The van der Waals surface area contributed by atoms with E-state index in [1.807, 2.05) is 6.92 Å². The number of ether oxygens (including phenoxy) is 4. The number of cyclic esters (lactones) is 1. The van der Waals surface area contributed by atoms with Crippen molar-refractivity contribution in [1.82, 2.24) is 10.3 Å². The Bertz CT molecular complexity index is 1390. The molecule has 1 aliphatic rings. The number of carboxylic acid groups (broad SMARTS) is 1. The van der Waals surface area contributed by atoms with E-state index in [0.29, 0.717) is 31.2 Å². The Kier molecular flexibility index (Phi) is 14.9. The summed E-state index contributed by atoms with van der Waals surface area (Å²) in [5.74, 6) is -1.04. The Labute approximate surface area is 257 Å². The van der Waals surface area contributed by atoms with Crippen molar-refractivity contribution in [3.8, 4) is 11.5 Å². The van der Waals surface area contributed by atoms with Gasteiger partial charge in [-0.15, -0.1) is 0 Å². The molecule has 0 amide bonds. The number of hydrogen-bond acceptors (Lipinski definition) is 10. The quantitative estimate of drug-likeness (QED) is 0.288. The highest BCUT2D eigenvalue weighted by molar-refractivity contribution is 5.85. The summed E-state index contributed by atoms with van der Waals surface area (Å²) in [6.07, 6.45) is 3.53. The Hall–Kier alpha value is -4.35. The zero-order valence-corrected chi connectivity index (χ0v) is 26.1. The van der Waals surface area contributed by atoms with Gasteiger partial charge in [-0.25, -0.2) is 4.98 Å². The number of benzene rings is 2. The van der Waals surface area contributed by atoms with Crippen molar-refractivity contribution in [2.24, 2.45) is 11.8 Å². The van der Waals surface area contributed by atoms with Crippen LogP contribution in [-0.4, -0.2) is 73.8 Å². The largest absolute Gasteiger partial charge is 0.493 e. The molecule has 11 heteroatoms. The normalized spacial score (nSPS) is 18.2. The van der Waals surface area contributed by atoms with Crippen LogP contribution in [0.3, 0.4) is 0 Å². The first-order chi connectivity index (χ1) is 21.0. The third kappa shape index (κ3) is 11.4. The molecule has 44 heavy (non-hydrogen) atoms. The molecular formula is C33H42N2O9. The van der Waals surface area contributed by atoms with Crippen molar-refractivity contribution in [1.29, 1.82) is 0 Å². The van der Waals surface area contributed by atoms with Crippen molar-refractivity contribution in [3.63, 3.8) is 0 Å². The van der Waals surface area contributed by atoms with Gasteiger partial charge in [-0.05, 0) is 49.1 Å². The van der Waals surface area contributed by atoms with Gasteiger partial charge in [0.15, 0.2) is 12.0 Å². The molecule has 3 atom stereocenters. The molecule has 238 valence electrons. The number of carbonyl (C=O) groups excluding carboxylic acids is 3. The molecule has 2 aromatic carbocycles. The van der Waals surface area contributed by atoms with Crippen LogP contribution < -0.4 is 14.8 Å². The summed E-state index contributed by atoms with van der Waals surface area (Å²) in [6, 6.07) is 16.0. The van der Waals surface area contributed by atoms with E-state index in [4.69, 9.17) is 24.1 Å². The van der Waals surface area contributed by atoms with E-state index in [1.165, 1.54) is 42.6 Å². The smallest absolute Gasteiger partial charge is 0.325 e. The van der Waals surface area contributed by atoms with E-state index >= 15 is 0 Å². The summed E-state index contributed by atoms with van der Waals surface area (Å²) in [6.45, 7) is 7.48. The Balaban J connectivity index is 0.000000285. The number of nitrogens with one attached hydrogen (secondary N) is 1. The number of rotatable bonds is 7. The van der Waals surface area contributed by atoms with Gasteiger partial charge in [0.1, 0.15) is 11.7 Å². The number of carbonyl (C=O) groups is 4. The number of nitrogens with zero attached hydrogens (tertiary/aromatic N) is 1. The van der Waals surface area contributed by atoms with Gasteiger partial charge in [0.2, 0.25) is 5.75 Å². The fraction of sp³-hybridized carbons (Fsp3) is 0.424. The molecule has 0 aliphatic carbocycles. The van der Waals surface area contributed by atoms with Gasteiger partial charge < -0.3 is 29.4 Å². The molecule has 2 heterocycles. The van der Waals surface area contributed by atoms with Crippen LogP contribution in [-0.2, 0) is 30.3 Å². The highest BCUT2D eigenvalue weighted by Gasteiger charge is 2.26. The molecule has 1 aromatic heterocycles. The summed E-state index contributed by atoms with van der Waals surface area (Å²) < 4.78 is 21.1. The SMILES string of the molecule is CC(C)C(=O)O.CN[C@H]1COCC(Cc2cccc3ccccc23)CC(C)OC1=O.COc1ccnc(C=O)c1OC(C)=O. The van der Waals surface area contributed by atoms with Crippen LogP contribution in [0, 0.1) is 11.8 Å². The summed E-state index contributed by atoms with van der Waals surface area (Å²) in [7, 11) is 3.17. The predicted octanol–water partition coefficient (Wildman–Crippen LogP) is 4.49. The highest BCUT2D eigenvalue weighted by Crippen LogP contribution is 2.28. The lowest BCUT2D eigenvalue weighted by Crippen LogP contribution is -2.40. The first-order valence-corrected chi connectivity index (χ1v) is 14.3. The summed E-state index contributed by atoms with van der Waals surface area (Å²) in [5, 5.41) is 13.5. The van der Waals surface area contributed by atoms with Gasteiger partial charge in [0.25, 0.3) is 0 Å². The third-order valence-corrected chi connectivity index (χ3v) is 6.61. The van der Waals surface area contributed by atoms with Crippen molar-refractivity contribution < 1.29 is 43.2 Å². The van der Waals surface area contributed by atoms with Gasteiger partial charge in [0, 0.05) is 25.8 Å². The van der Waals surface area contributed by atoms with Crippen LogP contribution in [0.15, 0.2) is 54.7 Å². The Morgan fingerprint density at radius 3 is 2.43 bits per heavy atom. The molecule has 1 saturated heterocycles. The summed E-state index contributed by atoms with van der Waals surface area (Å²) >= 11 is 0. The van der Waals surface area contributed by atoms with Crippen LogP contribution in [0.25, 0.3) is 10.8 Å².